The molecule has 1 heterocycles. The van der Waals surface area contributed by atoms with Gasteiger partial charge in [0.05, 0.1) is 31.3 Å². The number of benzene rings is 3. The zero-order chi connectivity index (χ0) is 34.8. The lowest BCUT2D eigenvalue weighted by molar-refractivity contribution is -0.206. The van der Waals surface area contributed by atoms with E-state index in [1.54, 1.807) is 7.11 Å². The highest BCUT2D eigenvalue weighted by Gasteiger charge is 2.59. The Kier molecular flexibility index (Phi) is 10.6. The van der Waals surface area contributed by atoms with Gasteiger partial charge in [-0.2, -0.15) is 0 Å². The highest BCUT2D eigenvalue weighted by atomic mass is 28.4. The first-order valence-electron chi connectivity index (χ1n) is 17.1. The molecule has 1 saturated carbocycles. The first-order valence-corrected chi connectivity index (χ1v) is 19.1. The smallest absolute Gasteiger partial charge is 0.311 e. The van der Waals surface area contributed by atoms with E-state index < -0.39 is 25.1 Å². The predicted molar refractivity (Wildman–Crippen MR) is 191 cm³/mol. The fourth-order valence-electron chi connectivity index (χ4n) is 7.27. The van der Waals surface area contributed by atoms with E-state index in [0.29, 0.717) is 26.1 Å². The van der Waals surface area contributed by atoms with E-state index in [9.17, 15) is 4.79 Å². The molecule has 5 rings (SSSR count). The number of rotatable bonds is 11. The molecule has 3 aromatic rings. The summed E-state index contributed by atoms with van der Waals surface area (Å²) in [5.74, 6) is -0.555. The molecule has 7 nitrogen and oxygen atoms in total. The summed E-state index contributed by atoms with van der Waals surface area (Å²) in [6, 6.07) is 29.2. The van der Waals surface area contributed by atoms with Crippen LogP contribution in [0.15, 0.2) is 84.9 Å². The highest BCUT2D eigenvalue weighted by molar-refractivity contribution is 6.99. The minimum atomic E-state index is -2.92. The van der Waals surface area contributed by atoms with Crippen LogP contribution in [0.4, 0.5) is 0 Å². The molecule has 2 aliphatic rings. The van der Waals surface area contributed by atoms with Gasteiger partial charge in [0.2, 0.25) is 0 Å². The van der Waals surface area contributed by atoms with Crippen LogP contribution in [0.2, 0.25) is 5.04 Å². The lowest BCUT2D eigenvalue weighted by Gasteiger charge is -2.50. The second-order valence-corrected chi connectivity index (χ2v) is 20.1. The fourth-order valence-corrected chi connectivity index (χ4v) is 11.9. The molecule has 48 heavy (non-hydrogen) atoms. The van der Waals surface area contributed by atoms with E-state index in [1.165, 1.54) is 10.4 Å². The maximum Gasteiger partial charge on any atom is 0.311 e. The van der Waals surface area contributed by atoms with Gasteiger partial charge in [0.1, 0.15) is 18.0 Å². The Bertz CT molecular complexity index is 1460. The van der Waals surface area contributed by atoms with Gasteiger partial charge in [-0.05, 0) is 80.6 Å². The summed E-state index contributed by atoms with van der Waals surface area (Å²) in [5.41, 5.74) is -0.559. The molecule has 4 atom stereocenters. The first-order chi connectivity index (χ1) is 22.6. The largest absolute Gasteiger partial charge is 0.497 e. The minimum absolute atomic E-state index is 0.0844. The number of fused-ring (bicyclic) bond motifs is 1. The molecule has 0 N–H and O–H groups in total. The van der Waals surface area contributed by atoms with Gasteiger partial charge in [-0.3, -0.25) is 4.79 Å². The molecule has 0 unspecified atom stereocenters. The number of hydrogen-bond donors (Lipinski definition) is 0. The number of esters is 1. The first kappa shape index (κ1) is 36.3. The van der Waals surface area contributed by atoms with Gasteiger partial charge in [0, 0.05) is 12.5 Å². The van der Waals surface area contributed by atoms with E-state index in [4.69, 9.17) is 28.1 Å². The van der Waals surface area contributed by atoms with Crippen LogP contribution in [0, 0.1) is 11.3 Å². The third-order valence-corrected chi connectivity index (χ3v) is 14.8. The van der Waals surface area contributed by atoms with Gasteiger partial charge in [-0.1, -0.05) is 93.6 Å². The van der Waals surface area contributed by atoms with Gasteiger partial charge in [-0.15, -0.1) is 0 Å². The Morgan fingerprint density at radius 2 is 1.44 bits per heavy atom. The van der Waals surface area contributed by atoms with Crippen molar-refractivity contribution in [2.75, 3.05) is 20.3 Å². The molecule has 1 saturated heterocycles. The highest BCUT2D eigenvalue weighted by Crippen LogP contribution is 2.48. The maximum absolute atomic E-state index is 13.3. The van der Waals surface area contributed by atoms with Crippen LogP contribution in [0.3, 0.4) is 0 Å². The summed E-state index contributed by atoms with van der Waals surface area (Å²) in [5, 5.41) is 2.18. The fraction of sp³-hybridized carbons (Fsp3) is 0.525. The quantitative estimate of drug-likeness (QED) is 0.160. The lowest BCUT2D eigenvalue weighted by atomic mass is 9.72. The molecule has 8 heteroatoms. The summed E-state index contributed by atoms with van der Waals surface area (Å²) < 4.78 is 39.3. The van der Waals surface area contributed by atoms with Crippen molar-refractivity contribution in [2.24, 2.45) is 11.3 Å². The number of carbonyl (C=O) groups excluding carboxylic acids is 1. The molecule has 1 aliphatic heterocycles. The van der Waals surface area contributed by atoms with Crippen molar-refractivity contribution in [3.63, 3.8) is 0 Å². The molecule has 0 aromatic heterocycles. The Morgan fingerprint density at radius 3 is 1.96 bits per heavy atom. The molecule has 0 spiro atoms. The van der Waals surface area contributed by atoms with Crippen molar-refractivity contribution in [2.45, 2.75) is 103 Å². The topological polar surface area (TPSA) is 72.5 Å². The van der Waals surface area contributed by atoms with Crippen molar-refractivity contribution < 1.29 is 32.9 Å². The Morgan fingerprint density at radius 1 is 0.854 bits per heavy atom. The van der Waals surface area contributed by atoms with Crippen LogP contribution < -0.4 is 15.1 Å². The van der Waals surface area contributed by atoms with Gasteiger partial charge >= 0.3 is 5.97 Å². The number of methoxy groups -OCH3 is 1. The Balaban J connectivity index is 1.59. The molecule has 260 valence electrons. The molecule has 2 fully saturated rings. The van der Waals surface area contributed by atoms with E-state index in [1.807, 2.05) is 58.9 Å². The van der Waals surface area contributed by atoms with Crippen molar-refractivity contribution in [1.82, 2.24) is 0 Å². The van der Waals surface area contributed by atoms with E-state index >= 15 is 0 Å². The summed E-state index contributed by atoms with van der Waals surface area (Å²) in [6.45, 7) is 17.1. The number of carbonyl (C=O) groups is 1. The zero-order valence-corrected chi connectivity index (χ0v) is 31.2. The summed E-state index contributed by atoms with van der Waals surface area (Å²) in [4.78, 5) is 13.3. The van der Waals surface area contributed by atoms with Crippen LogP contribution >= 0.6 is 0 Å². The molecular weight excluding hydrogens is 621 g/mol. The summed E-state index contributed by atoms with van der Waals surface area (Å²) >= 11 is 0. The van der Waals surface area contributed by atoms with Crippen LogP contribution in [0.5, 0.6) is 5.75 Å². The lowest BCUT2D eigenvalue weighted by Crippen LogP contribution is -2.68. The second kappa shape index (κ2) is 14.1. The van der Waals surface area contributed by atoms with Gasteiger partial charge in [0.15, 0.2) is 5.79 Å². The Labute approximate surface area is 288 Å². The van der Waals surface area contributed by atoms with Crippen molar-refractivity contribution in [1.29, 1.82) is 0 Å². The van der Waals surface area contributed by atoms with E-state index in [2.05, 4.69) is 81.4 Å². The number of hydrogen-bond acceptors (Lipinski definition) is 7. The summed E-state index contributed by atoms with van der Waals surface area (Å²) in [6.07, 6.45) is 0.870. The summed E-state index contributed by atoms with van der Waals surface area (Å²) in [7, 11) is -1.26. The van der Waals surface area contributed by atoms with Crippen LogP contribution in [0.25, 0.3) is 0 Å². The molecule has 0 bridgehead atoms. The normalized spacial score (nSPS) is 24.1. The predicted octanol–water partition coefficient (Wildman–Crippen LogP) is 7.05. The second-order valence-electron chi connectivity index (χ2n) is 15.8. The average Bonchev–Trinajstić information content (AvgIpc) is 3.37. The Hall–Kier alpha value is -3.01. The van der Waals surface area contributed by atoms with Crippen molar-refractivity contribution >= 4 is 24.7 Å². The monoisotopic (exact) mass is 674 g/mol. The van der Waals surface area contributed by atoms with Crippen LogP contribution in [-0.2, 0) is 34.8 Å². The molecule has 1 aliphatic carbocycles. The van der Waals surface area contributed by atoms with Gasteiger partial charge < -0.3 is 28.1 Å². The maximum atomic E-state index is 13.3. The van der Waals surface area contributed by atoms with Crippen molar-refractivity contribution in [3.8, 4) is 5.75 Å². The SMILES string of the molecule is COc1ccc(CO[C@@]2(COC(=O)C(C)(C)C)CC[C@@H]3OC(C)(C)O[C@@H]3[C@H]2CO[Si](c2ccccc2)(c2ccccc2)C(C)(C)C)cc1. The number of ether oxygens (including phenoxy) is 5. The molecule has 0 radical (unpaired) electrons. The van der Waals surface area contributed by atoms with Crippen LogP contribution in [-0.4, -0.2) is 58.2 Å². The average molecular weight is 675 g/mol. The van der Waals surface area contributed by atoms with Crippen molar-refractivity contribution in [3.05, 3.63) is 90.5 Å². The molecule has 0 amide bonds. The van der Waals surface area contributed by atoms with Crippen LogP contribution in [0.1, 0.15) is 73.8 Å². The van der Waals surface area contributed by atoms with Gasteiger partial charge in [0.25, 0.3) is 8.32 Å². The zero-order valence-electron chi connectivity index (χ0n) is 30.2. The standard InChI is InChI=1S/C40H54O7Si/c1-37(2,3)36(41)43-28-40(44-26-29-20-22-30(42-9)23-21-29)25-24-34-35(47-39(7,8)46-34)33(40)27-45-48(38(4,5)6,31-16-12-10-13-17-31)32-18-14-11-15-19-32/h10-23,33-35H,24-28H2,1-9H3/t33-,34+,35-,40-/m1/s1. The minimum Gasteiger partial charge on any atom is -0.497 e. The van der Waals surface area contributed by atoms with E-state index in [0.717, 1.165) is 11.3 Å². The van der Waals surface area contributed by atoms with Gasteiger partial charge in [-0.25, -0.2) is 0 Å². The molecule has 3 aromatic carbocycles. The molecular formula is C40H54O7Si. The van der Waals surface area contributed by atoms with E-state index in [-0.39, 0.29) is 35.7 Å². The third kappa shape index (κ3) is 7.58. The third-order valence-electron chi connectivity index (χ3n) is 9.79.